The van der Waals surface area contributed by atoms with Crippen LogP contribution < -0.4 is 5.32 Å². The molecule has 0 saturated carbocycles. The first-order valence-corrected chi connectivity index (χ1v) is 8.41. The predicted octanol–water partition coefficient (Wildman–Crippen LogP) is 2.08. The smallest absolute Gasteiger partial charge is 0.164 e. The third-order valence-corrected chi connectivity index (χ3v) is 4.33. The molecular formula is C18H15N9. The Balaban J connectivity index is 1.56. The minimum absolute atomic E-state index is 0.539. The van der Waals surface area contributed by atoms with E-state index in [-0.39, 0.29) is 0 Å². The third kappa shape index (κ3) is 2.65. The molecular weight excluding hydrogens is 342 g/mol. The Morgan fingerprint density at radius 3 is 2.78 bits per heavy atom. The molecule has 5 aromatic heterocycles. The van der Waals surface area contributed by atoms with Gasteiger partial charge in [-0.1, -0.05) is 0 Å². The van der Waals surface area contributed by atoms with Gasteiger partial charge in [-0.15, -0.1) is 0 Å². The van der Waals surface area contributed by atoms with Crippen LogP contribution >= 0.6 is 0 Å². The molecule has 0 amide bonds. The van der Waals surface area contributed by atoms with Crippen LogP contribution in [0.1, 0.15) is 5.56 Å². The quantitative estimate of drug-likeness (QED) is 0.526. The Morgan fingerprint density at radius 2 is 1.89 bits per heavy atom. The highest BCUT2D eigenvalue weighted by Gasteiger charge is 2.13. The molecule has 9 heteroatoms. The van der Waals surface area contributed by atoms with Crippen LogP contribution in [-0.4, -0.2) is 39.3 Å². The van der Waals surface area contributed by atoms with Gasteiger partial charge in [0.05, 0.1) is 17.8 Å². The summed E-state index contributed by atoms with van der Waals surface area (Å²) in [5, 5.41) is 12.9. The molecule has 0 saturated heterocycles. The fraction of sp³-hybridized carbons (Fsp3) is 0.111. The normalized spacial score (nSPS) is 11.3. The Morgan fingerprint density at radius 1 is 1.00 bits per heavy atom. The van der Waals surface area contributed by atoms with E-state index in [1.165, 1.54) is 0 Å². The Kier molecular flexibility index (Phi) is 3.49. The molecule has 5 aromatic rings. The average Bonchev–Trinajstić information content (AvgIpc) is 3.31. The standard InChI is InChI=1S/C18H15N9/c1-26-18-14(11-22-26)16(24-15(25-18)12-3-6-19-7-4-12)21-9-13-10-23-27-8-2-5-20-17(13)27/h2-8,10-11H,9H2,1H3,(H,21,24,25). The topological polar surface area (TPSA) is 98.7 Å². The average molecular weight is 357 g/mol. The second-order valence-corrected chi connectivity index (χ2v) is 6.05. The van der Waals surface area contributed by atoms with Gasteiger partial charge in [0.1, 0.15) is 5.82 Å². The Labute approximate surface area is 153 Å². The maximum Gasteiger partial charge on any atom is 0.164 e. The van der Waals surface area contributed by atoms with Gasteiger partial charge >= 0.3 is 0 Å². The first-order valence-electron chi connectivity index (χ1n) is 8.41. The molecule has 1 N–H and O–H groups in total. The summed E-state index contributed by atoms with van der Waals surface area (Å²) in [6.45, 7) is 0.539. The van der Waals surface area contributed by atoms with E-state index in [0.29, 0.717) is 12.4 Å². The molecule has 132 valence electrons. The van der Waals surface area contributed by atoms with Crippen LogP contribution in [0.5, 0.6) is 0 Å². The molecule has 0 bridgehead atoms. The maximum atomic E-state index is 4.71. The number of rotatable bonds is 4. The minimum atomic E-state index is 0.539. The van der Waals surface area contributed by atoms with Crippen molar-refractivity contribution in [2.24, 2.45) is 7.05 Å². The first-order chi connectivity index (χ1) is 13.3. The van der Waals surface area contributed by atoms with Gasteiger partial charge in [0, 0.05) is 49.5 Å². The molecule has 0 fully saturated rings. The summed E-state index contributed by atoms with van der Waals surface area (Å²) in [6, 6.07) is 5.62. The van der Waals surface area contributed by atoms with Crippen molar-refractivity contribution in [1.82, 2.24) is 39.3 Å². The van der Waals surface area contributed by atoms with E-state index in [2.05, 4.69) is 30.5 Å². The lowest BCUT2D eigenvalue weighted by atomic mass is 10.2. The lowest BCUT2D eigenvalue weighted by molar-refractivity contribution is 0.786. The van der Waals surface area contributed by atoms with E-state index in [0.717, 1.165) is 33.6 Å². The highest BCUT2D eigenvalue weighted by atomic mass is 15.3. The van der Waals surface area contributed by atoms with Crippen molar-refractivity contribution in [3.63, 3.8) is 0 Å². The second kappa shape index (κ2) is 6.13. The van der Waals surface area contributed by atoms with Crippen LogP contribution in [0.3, 0.4) is 0 Å². The van der Waals surface area contributed by atoms with Crippen molar-refractivity contribution in [3.8, 4) is 11.4 Å². The number of aryl methyl sites for hydroxylation is 1. The van der Waals surface area contributed by atoms with Crippen molar-refractivity contribution < 1.29 is 0 Å². The molecule has 0 aliphatic carbocycles. The van der Waals surface area contributed by atoms with Crippen LogP contribution in [0, 0.1) is 0 Å². The SMILES string of the molecule is Cn1ncc2c(NCc3cnn4cccnc34)nc(-c3ccncc3)nc21. The molecule has 0 radical (unpaired) electrons. The van der Waals surface area contributed by atoms with Crippen LogP contribution in [0.2, 0.25) is 0 Å². The van der Waals surface area contributed by atoms with Gasteiger partial charge in [0.25, 0.3) is 0 Å². The molecule has 9 nitrogen and oxygen atoms in total. The number of pyridine rings is 1. The number of anilines is 1. The van der Waals surface area contributed by atoms with E-state index < -0.39 is 0 Å². The highest BCUT2D eigenvalue weighted by molar-refractivity contribution is 5.88. The minimum Gasteiger partial charge on any atom is -0.365 e. The molecule has 0 unspecified atom stereocenters. The van der Waals surface area contributed by atoms with E-state index in [9.17, 15) is 0 Å². The van der Waals surface area contributed by atoms with Crippen LogP contribution in [0.4, 0.5) is 5.82 Å². The molecule has 0 atom stereocenters. The van der Waals surface area contributed by atoms with Crippen LogP contribution in [0.15, 0.2) is 55.4 Å². The number of fused-ring (bicyclic) bond motifs is 2. The second-order valence-electron chi connectivity index (χ2n) is 6.05. The summed E-state index contributed by atoms with van der Waals surface area (Å²) >= 11 is 0. The number of nitrogens with one attached hydrogen (secondary N) is 1. The van der Waals surface area contributed by atoms with Crippen molar-refractivity contribution in [2.75, 3.05) is 5.32 Å². The van der Waals surface area contributed by atoms with Gasteiger partial charge in [-0.25, -0.2) is 19.5 Å². The largest absolute Gasteiger partial charge is 0.365 e. The highest BCUT2D eigenvalue weighted by Crippen LogP contribution is 2.25. The monoisotopic (exact) mass is 357 g/mol. The number of hydrogen-bond acceptors (Lipinski definition) is 7. The Hall–Kier alpha value is -3.88. The number of hydrogen-bond donors (Lipinski definition) is 1. The predicted molar refractivity (Wildman–Crippen MR) is 99.8 cm³/mol. The molecule has 0 aliphatic heterocycles. The van der Waals surface area contributed by atoms with E-state index in [1.807, 2.05) is 31.4 Å². The van der Waals surface area contributed by atoms with Gasteiger partial charge in [-0.05, 0) is 18.2 Å². The zero-order valence-electron chi connectivity index (χ0n) is 14.5. The molecule has 0 aromatic carbocycles. The maximum absolute atomic E-state index is 4.71. The number of nitrogens with zero attached hydrogens (tertiary/aromatic N) is 8. The summed E-state index contributed by atoms with van der Waals surface area (Å²) < 4.78 is 3.49. The van der Waals surface area contributed by atoms with Gasteiger partial charge in [0.15, 0.2) is 17.1 Å². The van der Waals surface area contributed by atoms with Gasteiger partial charge in [0.2, 0.25) is 0 Å². The van der Waals surface area contributed by atoms with Crippen LogP contribution in [0.25, 0.3) is 28.1 Å². The van der Waals surface area contributed by atoms with Crippen molar-refractivity contribution in [1.29, 1.82) is 0 Å². The summed E-state index contributed by atoms with van der Waals surface area (Å²) in [5.41, 5.74) is 3.46. The molecule has 0 spiro atoms. The Bertz CT molecular complexity index is 1240. The lowest BCUT2D eigenvalue weighted by Crippen LogP contribution is -2.05. The van der Waals surface area contributed by atoms with Crippen LogP contribution in [-0.2, 0) is 13.6 Å². The lowest BCUT2D eigenvalue weighted by Gasteiger charge is -2.08. The fourth-order valence-corrected chi connectivity index (χ4v) is 2.97. The van der Waals surface area contributed by atoms with Crippen molar-refractivity contribution >= 4 is 22.5 Å². The fourth-order valence-electron chi connectivity index (χ4n) is 2.97. The molecule has 27 heavy (non-hydrogen) atoms. The van der Waals surface area contributed by atoms with Crippen molar-refractivity contribution in [3.05, 3.63) is 60.9 Å². The first kappa shape index (κ1) is 15.4. The van der Waals surface area contributed by atoms with E-state index in [4.69, 9.17) is 4.98 Å². The molecule has 5 rings (SSSR count). The summed E-state index contributed by atoms with van der Waals surface area (Å²) in [5.74, 6) is 1.34. The van der Waals surface area contributed by atoms with Crippen molar-refractivity contribution in [2.45, 2.75) is 6.54 Å². The van der Waals surface area contributed by atoms with Gasteiger partial charge < -0.3 is 5.32 Å². The van der Waals surface area contributed by atoms with E-state index >= 15 is 0 Å². The van der Waals surface area contributed by atoms with E-state index in [1.54, 1.807) is 40.2 Å². The van der Waals surface area contributed by atoms with Gasteiger partial charge in [-0.3, -0.25) is 9.67 Å². The number of aromatic nitrogens is 8. The summed E-state index contributed by atoms with van der Waals surface area (Å²) in [7, 11) is 1.87. The molecule has 0 aliphatic rings. The summed E-state index contributed by atoms with van der Waals surface area (Å²) in [6.07, 6.45) is 10.7. The molecule has 5 heterocycles. The summed E-state index contributed by atoms with van der Waals surface area (Å²) in [4.78, 5) is 17.8. The zero-order chi connectivity index (χ0) is 18.2. The zero-order valence-corrected chi connectivity index (χ0v) is 14.5. The third-order valence-electron chi connectivity index (χ3n) is 4.33. The van der Waals surface area contributed by atoms with Gasteiger partial charge in [-0.2, -0.15) is 10.2 Å².